The molecular weight excluding hydrogens is 224 g/mol. The maximum absolute atomic E-state index is 4.26. The van der Waals surface area contributed by atoms with Crippen molar-refractivity contribution >= 4 is 16.7 Å². The Balaban J connectivity index is 1.87. The summed E-state index contributed by atoms with van der Waals surface area (Å²) in [5.41, 5.74) is 2.11. The molecule has 4 heteroatoms. The van der Waals surface area contributed by atoms with Gasteiger partial charge in [-0.3, -0.25) is 4.98 Å². The van der Waals surface area contributed by atoms with Crippen LogP contribution in [-0.4, -0.2) is 15.0 Å². The van der Waals surface area contributed by atoms with Crippen LogP contribution in [0.5, 0.6) is 0 Å². The molecule has 0 unspecified atom stereocenters. The number of nitrogens with one attached hydrogen (secondary N) is 1. The van der Waals surface area contributed by atoms with E-state index < -0.39 is 0 Å². The first-order valence-electron chi connectivity index (χ1n) is 5.76. The van der Waals surface area contributed by atoms with Gasteiger partial charge in [-0.2, -0.15) is 0 Å². The van der Waals surface area contributed by atoms with Crippen molar-refractivity contribution < 1.29 is 0 Å². The van der Waals surface area contributed by atoms with Gasteiger partial charge in [0.1, 0.15) is 12.1 Å². The second kappa shape index (κ2) is 4.79. The lowest BCUT2D eigenvalue weighted by Gasteiger charge is -2.07. The molecule has 0 fully saturated rings. The molecular formula is C14H12N4. The lowest BCUT2D eigenvalue weighted by Crippen LogP contribution is -2.02. The van der Waals surface area contributed by atoms with Gasteiger partial charge in [-0.25, -0.2) is 9.97 Å². The lowest BCUT2D eigenvalue weighted by atomic mass is 10.2. The molecule has 0 saturated heterocycles. The number of fused-ring (bicyclic) bond motifs is 1. The number of hydrogen-bond acceptors (Lipinski definition) is 4. The van der Waals surface area contributed by atoms with Crippen molar-refractivity contribution in [3.8, 4) is 0 Å². The minimum absolute atomic E-state index is 0.738. The fourth-order valence-electron chi connectivity index (χ4n) is 1.82. The maximum atomic E-state index is 4.26. The van der Waals surface area contributed by atoms with Crippen LogP contribution in [0, 0.1) is 0 Å². The van der Waals surface area contributed by atoms with Crippen molar-refractivity contribution in [2.45, 2.75) is 6.54 Å². The van der Waals surface area contributed by atoms with Crippen LogP contribution in [-0.2, 0) is 6.54 Å². The topological polar surface area (TPSA) is 50.7 Å². The normalized spacial score (nSPS) is 10.4. The van der Waals surface area contributed by atoms with Crippen LogP contribution in [0.1, 0.15) is 5.56 Å². The van der Waals surface area contributed by atoms with Gasteiger partial charge in [0.15, 0.2) is 0 Å². The molecule has 18 heavy (non-hydrogen) atoms. The average Bonchev–Trinajstić information content (AvgIpc) is 2.46. The standard InChI is InChI=1S/C14H12N4/c1-2-4-11(5-3-1)8-16-14-12-9-15-7-6-13(12)17-10-18-14/h1-7,9-10H,8H2,(H,16,17,18). The van der Waals surface area contributed by atoms with Crippen LogP contribution in [0.3, 0.4) is 0 Å². The summed E-state index contributed by atoms with van der Waals surface area (Å²) < 4.78 is 0. The zero-order valence-electron chi connectivity index (χ0n) is 9.74. The number of benzene rings is 1. The highest BCUT2D eigenvalue weighted by atomic mass is 15.0. The maximum Gasteiger partial charge on any atom is 0.139 e. The van der Waals surface area contributed by atoms with Gasteiger partial charge in [-0.05, 0) is 11.6 Å². The molecule has 3 aromatic rings. The predicted molar refractivity (Wildman–Crippen MR) is 71.1 cm³/mol. The molecule has 2 heterocycles. The summed E-state index contributed by atoms with van der Waals surface area (Å²) in [6.45, 7) is 0.738. The lowest BCUT2D eigenvalue weighted by molar-refractivity contribution is 1.10. The minimum atomic E-state index is 0.738. The van der Waals surface area contributed by atoms with E-state index in [1.807, 2.05) is 24.3 Å². The molecule has 0 saturated carbocycles. The highest BCUT2D eigenvalue weighted by Gasteiger charge is 2.02. The Morgan fingerprint density at radius 3 is 2.78 bits per heavy atom. The third-order valence-electron chi connectivity index (χ3n) is 2.74. The Bertz CT molecular complexity index is 647. The first kappa shape index (κ1) is 10.7. The molecule has 3 rings (SSSR count). The fraction of sp³-hybridized carbons (Fsp3) is 0.0714. The van der Waals surface area contributed by atoms with E-state index in [0.717, 1.165) is 23.3 Å². The van der Waals surface area contributed by atoms with Crippen LogP contribution >= 0.6 is 0 Å². The number of rotatable bonds is 3. The van der Waals surface area contributed by atoms with Gasteiger partial charge < -0.3 is 5.32 Å². The summed E-state index contributed by atoms with van der Waals surface area (Å²) in [4.78, 5) is 12.6. The molecule has 0 aliphatic carbocycles. The SMILES string of the molecule is c1ccc(CNc2ncnc3ccncc23)cc1. The Morgan fingerprint density at radius 2 is 1.89 bits per heavy atom. The molecule has 4 nitrogen and oxygen atoms in total. The molecule has 1 aromatic carbocycles. The van der Waals surface area contributed by atoms with Crippen LogP contribution in [0.4, 0.5) is 5.82 Å². The number of anilines is 1. The summed E-state index contributed by atoms with van der Waals surface area (Å²) in [6, 6.07) is 12.1. The third-order valence-corrected chi connectivity index (χ3v) is 2.74. The zero-order valence-corrected chi connectivity index (χ0v) is 9.74. The van der Waals surface area contributed by atoms with Gasteiger partial charge in [0.05, 0.1) is 10.9 Å². The summed E-state index contributed by atoms with van der Waals surface area (Å²) >= 11 is 0. The van der Waals surface area contributed by atoms with E-state index in [-0.39, 0.29) is 0 Å². The number of nitrogens with zero attached hydrogens (tertiary/aromatic N) is 3. The van der Waals surface area contributed by atoms with Crippen molar-refractivity contribution in [3.05, 3.63) is 60.7 Å². The van der Waals surface area contributed by atoms with E-state index in [0.29, 0.717) is 0 Å². The van der Waals surface area contributed by atoms with Gasteiger partial charge in [-0.15, -0.1) is 0 Å². The van der Waals surface area contributed by atoms with E-state index in [4.69, 9.17) is 0 Å². The monoisotopic (exact) mass is 236 g/mol. The van der Waals surface area contributed by atoms with Crippen molar-refractivity contribution in [1.82, 2.24) is 15.0 Å². The zero-order chi connectivity index (χ0) is 12.2. The Morgan fingerprint density at radius 1 is 1.00 bits per heavy atom. The fourth-order valence-corrected chi connectivity index (χ4v) is 1.82. The van der Waals surface area contributed by atoms with E-state index in [9.17, 15) is 0 Å². The molecule has 88 valence electrons. The van der Waals surface area contributed by atoms with Gasteiger partial charge in [0.25, 0.3) is 0 Å². The second-order valence-electron chi connectivity index (χ2n) is 3.95. The van der Waals surface area contributed by atoms with Crippen molar-refractivity contribution in [3.63, 3.8) is 0 Å². The summed E-state index contributed by atoms with van der Waals surface area (Å²) in [6.07, 6.45) is 5.08. The Kier molecular flexibility index (Phi) is 2.84. The van der Waals surface area contributed by atoms with Crippen LogP contribution < -0.4 is 5.32 Å². The molecule has 0 aliphatic heterocycles. The molecule has 0 bridgehead atoms. The molecule has 0 aliphatic rings. The molecule has 0 atom stereocenters. The number of hydrogen-bond donors (Lipinski definition) is 1. The highest BCUT2D eigenvalue weighted by Crippen LogP contribution is 2.17. The summed E-state index contributed by atoms with van der Waals surface area (Å²) in [5.74, 6) is 0.817. The first-order chi connectivity index (χ1) is 8.93. The molecule has 0 radical (unpaired) electrons. The largest absolute Gasteiger partial charge is 0.365 e. The van der Waals surface area contributed by atoms with Crippen LogP contribution in [0.15, 0.2) is 55.1 Å². The van der Waals surface area contributed by atoms with Gasteiger partial charge in [0, 0.05) is 18.9 Å². The quantitative estimate of drug-likeness (QED) is 0.759. The Hall–Kier alpha value is -2.49. The predicted octanol–water partition coefficient (Wildman–Crippen LogP) is 2.64. The third kappa shape index (κ3) is 2.13. The van der Waals surface area contributed by atoms with Crippen molar-refractivity contribution in [2.24, 2.45) is 0 Å². The van der Waals surface area contributed by atoms with Gasteiger partial charge in [0.2, 0.25) is 0 Å². The second-order valence-corrected chi connectivity index (χ2v) is 3.95. The molecule has 0 spiro atoms. The van der Waals surface area contributed by atoms with E-state index in [1.165, 1.54) is 5.56 Å². The Labute approximate surface area is 105 Å². The summed E-state index contributed by atoms with van der Waals surface area (Å²) in [5, 5.41) is 4.25. The first-order valence-corrected chi connectivity index (χ1v) is 5.76. The highest BCUT2D eigenvalue weighted by molar-refractivity contribution is 5.87. The van der Waals surface area contributed by atoms with Crippen LogP contribution in [0.2, 0.25) is 0 Å². The smallest absolute Gasteiger partial charge is 0.139 e. The van der Waals surface area contributed by atoms with Gasteiger partial charge >= 0.3 is 0 Å². The number of pyridine rings is 1. The minimum Gasteiger partial charge on any atom is -0.365 e. The number of aromatic nitrogens is 3. The molecule has 1 N–H and O–H groups in total. The van der Waals surface area contributed by atoms with Crippen molar-refractivity contribution in [2.75, 3.05) is 5.32 Å². The van der Waals surface area contributed by atoms with Gasteiger partial charge in [-0.1, -0.05) is 30.3 Å². The average molecular weight is 236 g/mol. The van der Waals surface area contributed by atoms with E-state index >= 15 is 0 Å². The summed E-state index contributed by atoms with van der Waals surface area (Å²) in [7, 11) is 0. The van der Waals surface area contributed by atoms with E-state index in [2.05, 4.69) is 32.4 Å². The molecule has 0 amide bonds. The van der Waals surface area contributed by atoms with E-state index in [1.54, 1.807) is 18.7 Å². The van der Waals surface area contributed by atoms with Crippen LogP contribution in [0.25, 0.3) is 10.9 Å². The van der Waals surface area contributed by atoms with Crippen molar-refractivity contribution in [1.29, 1.82) is 0 Å². The molecule has 2 aromatic heterocycles.